The number of hydrogen-bond donors (Lipinski definition) is 1. The number of nitrogen functional groups attached to an aromatic ring is 1. The zero-order chi connectivity index (χ0) is 13.9. The number of aromatic nitrogens is 2. The molecule has 2 heterocycles. The van der Waals surface area contributed by atoms with Crippen molar-refractivity contribution in [3.63, 3.8) is 0 Å². The highest BCUT2D eigenvalue weighted by Crippen LogP contribution is 2.36. The van der Waals surface area contributed by atoms with Gasteiger partial charge in [-0.05, 0) is 12.2 Å². The average Bonchev–Trinajstić information content (AvgIpc) is 3.10. The summed E-state index contributed by atoms with van der Waals surface area (Å²) in [7, 11) is 0. The SMILES string of the molecule is C#CCn1c(-c2ccccc2)nc(C2CCSC2)c1N. The van der Waals surface area contributed by atoms with Crippen LogP contribution in [0.1, 0.15) is 18.0 Å². The van der Waals surface area contributed by atoms with Crippen molar-refractivity contribution in [1.82, 2.24) is 9.55 Å². The Bertz CT molecular complexity index is 634. The minimum atomic E-state index is 0.460. The van der Waals surface area contributed by atoms with Crippen molar-refractivity contribution < 1.29 is 0 Å². The van der Waals surface area contributed by atoms with Gasteiger partial charge in [0.05, 0.1) is 12.2 Å². The molecule has 0 saturated carbocycles. The molecule has 1 aromatic heterocycles. The van der Waals surface area contributed by atoms with Gasteiger partial charge in [-0.2, -0.15) is 11.8 Å². The fourth-order valence-electron chi connectivity index (χ4n) is 2.59. The van der Waals surface area contributed by atoms with Crippen molar-refractivity contribution in [2.24, 2.45) is 0 Å². The van der Waals surface area contributed by atoms with Crippen molar-refractivity contribution in [2.75, 3.05) is 17.2 Å². The van der Waals surface area contributed by atoms with Gasteiger partial charge in [0.1, 0.15) is 11.6 Å². The van der Waals surface area contributed by atoms with E-state index in [1.165, 1.54) is 5.75 Å². The third kappa shape index (κ3) is 2.30. The number of hydrogen-bond acceptors (Lipinski definition) is 3. The minimum absolute atomic E-state index is 0.460. The van der Waals surface area contributed by atoms with Gasteiger partial charge in [-0.15, -0.1) is 6.42 Å². The standard InChI is InChI=1S/C16H17N3S/c1-2-9-19-15(17)14(13-8-10-20-11-13)18-16(19)12-6-4-3-5-7-12/h1,3-7,13H,8-11,17H2. The van der Waals surface area contributed by atoms with E-state index in [9.17, 15) is 0 Å². The Labute approximate surface area is 123 Å². The summed E-state index contributed by atoms with van der Waals surface area (Å²) in [4.78, 5) is 4.81. The molecule has 0 aliphatic carbocycles. The molecule has 1 aliphatic heterocycles. The molecule has 3 nitrogen and oxygen atoms in total. The van der Waals surface area contributed by atoms with Crippen LogP contribution < -0.4 is 5.73 Å². The molecule has 0 radical (unpaired) electrons. The van der Waals surface area contributed by atoms with Gasteiger partial charge in [0.2, 0.25) is 0 Å². The predicted molar refractivity (Wildman–Crippen MR) is 85.6 cm³/mol. The van der Waals surface area contributed by atoms with Crippen molar-refractivity contribution in [3.8, 4) is 23.7 Å². The van der Waals surface area contributed by atoms with Gasteiger partial charge < -0.3 is 5.73 Å². The van der Waals surface area contributed by atoms with Gasteiger partial charge in [0.25, 0.3) is 0 Å². The largest absolute Gasteiger partial charge is 0.383 e. The number of nitrogens with two attached hydrogens (primary N) is 1. The highest BCUT2D eigenvalue weighted by molar-refractivity contribution is 7.99. The molecule has 2 aromatic rings. The van der Waals surface area contributed by atoms with Gasteiger partial charge in [0.15, 0.2) is 0 Å². The van der Waals surface area contributed by atoms with E-state index >= 15 is 0 Å². The molecule has 2 N–H and O–H groups in total. The van der Waals surface area contributed by atoms with Crippen LogP contribution in [0, 0.1) is 12.3 Å². The first-order valence-corrected chi connectivity index (χ1v) is 7.89. The smallest absolute Gasteiger partial charge is 0.142 e. The third-order valence-electron chi connectivity index (χ3n) is 3.63. The van der Waals surface area contributed by atoms with Crippen LogP contribution in [0.3, 0.4) is 0 Å². The molecule has 0 amide bonds. The molecule has 1 aliphatic rings. The van der Waals surface area contributed by atoms with Crippen LogP contribution in [0.15, 0.2) is 30.3 Å². The fourth-order valence-corrected chi connectivity index (χ4v) is 3.82. The molecular formula is C16H17N3S. The lowest BCUT2D eigenvalue weighted by molar-refractivity contribution is 0.759. The summed E-state index contributed by atoms with van der Waals surface area (Å²) < 4.78 is 1.95. The summed E-state index contributed by atoms with van der Waals surface area (Å²) in [5.74, 6) is 7.04. The van der Waals surface area contributed by atoms with Crippen LogP contribution >= 0.6 is 11.8 Å². The quantitative estimate of drug-likeness (QED) is 0.881. The molecule has 4 heteroatoms. The lowest BCUT2D eigenvalue weighted by Gasteiger charge is -2.07. The Hall–Kier alpha value is -1.86. The summed E-state index contributed by atoms with van der Waals surface area (Å²) in [6.07, 6.45) is 6.63. The highest BCUT2D eigenvalue weighted by atomic mass is 32.2. The third-order valence-corrected chi connectivity index (χ3v) is 4.80. The van der Waals surface area contributed by atoms with Crippen LogP contribution in [-0.2, 0) is 6.54 Å². The molecule has 20 heavy (non-hydrogen) atoms. The van der Waals surface area contributed by atoms with E-state index < -0.39 is 0 Å². The molecule has 102 valence electrons. The maximum absolute atomic E-state index is 6.30. The highest BCUT2D eigenvalue weighted by Gasteiger charge is 2.25. The number of nitrogens with zero attached hydrogens (tertiary/aromatic N) is 2. The molecule has 1 atom stereocenters. The van der Waals surface area contributed by atoms with Crippen molar-refractivity contribution in [1.29, 1.82) is 0 Å². The first kappa shape index (κ1) is 13.1. The summed E-state index contributed by atoms with van der Waals surface area (Å²) in [5, 5.41) is 0. The maximum Gasteiger partial charge on any atom is 0.142 e. The first-order valence-electron chi connectivity index (χ1n) is 6.73. The summed E-state index contributed by atoms with van der Waals surface area (Å²) in [5.41, 5.74) is 8.38. The number of anilines is 1. The molecule has 1 saturated heterocycles. The number of rotatable bonds is 3. The Morgan fingerprint density at radius 3 is 2.85 bits per heavy atom. The number of terminal acetylenes is 1. The second-order valence-corrected chi connectivity index (χ2v) is 6.07. The average molecular weight is 283 g/mol. The number of imidazole rings is 1. The van der Waals surface area contributed by atoms with Crippen LogP contribution in [-0.4, -0.2) is 21.1 Å². The lowest BCUT2D eigenvalue weighted by Crippen LogP contribution is -2.06. The Morgan fingerprint density at radius 2 is 2.20 bits per heavy atom. The van der Waals surface area contributed by atoms with Gasteiger partial charge in [-0.25, -0.2) is 4.98 Å². The number of benzene rings is 1. The summed E-state index contributed by atoms with van der Waals surface area (Å²) >= 11 is 1.96. The van der Waals surface area contributed by atoms with E-state index in [2.05, 4.69) is 5.92 Å². The normalized spacial score (nSPS) is 18.1. The Kier molecular flexibility index (Phi) is 3.70. The molecule has 1 unspecified atom stereocenters. The van der Waals surface area contributed by atoms with Crippen LogP contribution in [0.2, 0.25) is 0 Å². The van der Waals surface area contributed by atoms with E-state index in [0.29, 0.717) is 12.5 Å². The van der Waals surface area contributed by atoms with Crippen LogP contribution in [0.4, 0.5) is 5.82 Å². The van der Waals surface area contributed by atoms with E-state index in [1.54, 1.807) is 0 Å². The molecule has 0 spiro atoms. The number of thioether (sulfide) groups is 1. The first-order chi connectivity index (χ1) is 9.81. The van der Waals surface area contributed by atoms with Gasteiger partial charge in [-0.1, -0.05) is 36.3 Å². The maximum atomic E-state index is 6.30. The zero-order valence-electron chi connectivity index (χ0n) is 11.2. The lowest BCUT2D eigenvalue weighted by atomic mass is 10.1. The van der Waals surface area contributed by atoms with E-state index in [0.717, 1.165) is 35.1 Å². The Morgan fingerprint density at radius 1 is 1.40 bits per heavy atom. The van der Waals surface area contributed by atoms with Crippen LogP contribution in [0.5, 0.6) is 0 Å². The fraction of sp³-hybridized carbons (Fsp3) is 0.312. The van der Waals surface area contributed by atoms with E-state index in [1.807, 2.05) is 46.7 Å². The van der Waals surface area contributed by atoms with Crippen molar-refractivity contribution >= 4 is 17.6 Å². The molecule has 1 fully saturated rings. The predicted octanol–water partition coefficient (Wildman–Crippen LogP) is 2.99. The van der Waals surface area contributed by atoms with Crippen LogP contribution in [0.25, 0.3) is 11.4 Å². The van der Waals surface area contributed by atoms with Gasteiger partial charge in [0, 0.05) is 17.2 Å². The van der Waals surface area contributed by atoms with E-state index in [-0.39, 0.29) is 0 Å². The van der Waals surface area contributed by atoms with Gasteiger partial charge >= 0.3 is 0 Å². The summed E-state index contributed by atoms with van der Waals surface area (Å²) in [6.45, 7) is 0.461. The second-order valence-electron chi connectivity index (χ2n) is 4.92. The topological polar surface area (TPSA) is 43.8 Å². The molecule has 3 rings (SSSR count). The zero-order valence-corrected chi connectivity index (χ0v) is 12.1. The minimum Gasteiger partial charge on any atom is -0.383 e. The molecular weight excluding hydrogens is 266 g/mol. The van der Waals surface area contributed by atoms with Gasteiger partial charge in [-0.3, -0.25) is 4.57 Å². The molecule has 1 aromatic carbocycles. The van der Waals surface area contributed by atoms with Crippen molar-refractivity contribution in [3.05, 3.63) is 36.0 Å². The second kappa shape index (κ2) is 5.64. The Balaban J connectivity index is 2.09. The van der Waals surface area contributed by atoms with Crippen molar-refractivity contribution in [2.45, 2.75) is 18.9 Å². The summed E-state index contributed by atoms with van der Waals surface area (Å²) in [6, 6.07) is 10.1. The monoisotopic (exact) mass is 283 g/mol. The molecule has 0 bridgehead atoms. The van der Waals surface area contributed by atoms with E-state index in [4.69, 9.17) is 17.1 Å².